The number of carbonyl (C=O) groups is 1. The van der Waals surface area contributed by atoms with Crippen molar-refractivity contribution in [2.75, 3.05) is 45.0 Å². The maximum absolute atomic E-state index is 13.5. The van der Waals surface area contributed by atoms with E-state index in [2.05, 4.69) is 15.6 Å². The Morgan fingerprint density at radius 3 is 2.58 bits per heavy atom. The Balaban J connectivity index is 1.54. The van der Waals surface area contributed by atoms with E-state index >= 15 is 0 Å². The quantitative estimate of drug-likeness (QED) is 0.449. The number of rotatable bonds is 8. The molecule has 192 valence electrons. The zero-order chi connectivity index (χ0) is 25.9. The number of aryl methyl sites for hydroxylation is 1. The molecule has 0 radical (unpaired) electrons. The zero-order valence-electron chi connectivity index (χ0n) is 20.7. The molecular weight excluding hydrogens is 500 g/mol. The number of ether oxygens (including phenoxy) is 2. The van der Waals surface area contributed by atoms with Crippen molar-refractivity contribution in [2.24, 2.45) is 5.92 Å². The summed E-state index contributed by atoms with van der Waals surface area (Å²) in [5.74, 6) is 0.0433. The summed E-state index contributed by atoms with van der Waals surface area (Å²) in [5.41, 5.74) is 2.95. The van der Waals surface area contributed by atoms with Gasteiger partial charge in [-0.25, -0.2) is 13.4 Å². The molecule has 1 aromatic heterocycles. The second kappa shape index (κ2) is 10.9. The van der Waals surface area contributed by atoms with Crippen molar-refractivity contribution < 1.29 is 22.7 Å². The van der Waals surface area contributed by atoms with Crippen LogP contribution in [0, 0.1) is 12.8 Å². The van der Waals surface area contributed by atoms with Crippen LogP contribution >= 0.6 is 11.3 Å². The molecule has 1 aliphatic rings. The molecule has 1 saturated heterocycles. The molecule has 9 nitrogen and oxygen atoms in total. The largest absolute Gasteiger partial charge is 0.495 e. The van der Waals surface area contributed by atoms with Crippen molar-refractivity contribution in [2.45, 2.75) is 24.7 Å². The number of amides is 1. The van der Waals surface area contributed by atoms with Crippen molar-refractivity contribution in [3.63, 3.8) is 0 Å². The highest BCUT2D eigenvalue weighted by Crippen LogP contribution is 2.34. The van der Waals surface area contributed by atoms with E-state index in [0.29, 0.717) is 30.8 Å². The summed E-state index contributed by atoms with van der Waals surface area (Å²) in [6.07, 6.45) is 1.16. The van der Waals surface area contributed by atoms with Crippen LogP contribution in [0.4, 0.5) is 10.8 Å². The molecule has 0 saturated carbocycles. The van der Waals surface area contributed by atoms with E-state index in [0.717, 1.165) is 22.0 Å². The number of methoxy groups -OCH3 is 2. The number of anilines is 2. The number of benzene rings is 2. The monoisotopic (exact) mass is 530 g/mol. The molecule has 2 N–H and O–H groups in total. The van der Waals surface area contributed by atoms with Gasteiger partial charge in [-0.1, -0.05) is 6.07 Å². The molecule has 1 atom stereocenters. The van der Waals surface area contributed by atoms with E-state index in [1.54, 1.807) is 24.3 Å². The van der Waals surface area contributed by atoms with Gasteiger partial charge in [-0.3, -0.25) is 4.79 Å². The Labute approximate surface area is 215 Å². The lowest BCUT2D eigenvalue weighted by atomic mass is 9.98. The smallest absolute Gasteiger partial charge is 0.246 e. The molecule has 1 aliphatic heterocycles. The minimum Gasteiger partial charge on any atom is -0.495 e. The second-order valence-electron chi connectivity index (χ2n) is 8.55. The predicted molar refractivity (Wildman–Crippen MR) is 141 cm³/mol. The molecule has 1 amide bonds. The molecule has 1 fully saturated rings. The first kappa shape index (κ1) is 25.9. The van der Waals surface area contributed by atoms with Gasteiger partial charge < -0.3 is 20.1 Å². The van der Waals surface area contributed by atoms with E-state index in [4.69, 9.17) is 9.47 Å². The first-order chi connectivity index (χ1) is 17.3. The van der Waals surface area contributed by atoms with Crippen LogP contribution in [0.25, 0.3) is 11.3 Å². The maximum atomic E-state index is 13.5. The summed E-state index contributed by atoms with van der Waals surface area (Å²) >= 11 is 1.49. The predicted octanol–water partition coefficient (Wildman–Crippen LogP) is 4.22. The highest BCUT2D eigenvalue weighted by Gasteiger charge is 2.35. The number of nitrogens with one attached hydrogen (secondary N) is 2. The van der Waals surface area contributed by atoms with E-state index < -0.39 is 15.9 Å². The average Bonchev–Trinajstić information content (AvgIpc) is 3.38. The average molecular weight is 531 g/mol. The Bertz CT molecular complexity index is 1360. The first-order valence-electron chi connectivity index (χ1n) is 11.5. The van der Waals surface area contributed by atoms with E-state index in [-0.39, 0.29) is 23.1 Å². The Morgan fingerprint density at radius 2 is 1.89 bits per heavy atom. The van der Waals surface area contributed by atoms with Gasteiger partial charge >= 0.3 is 0 Å². The normalized spacial score (nSPS) is 16.4. The fourth-order valence-electron chi connectivity index (χ4n) is 4.22. The van der Waals surface area contributed by atoms with Gasteiger partial charge in [0.05, 0.1) is 31.5 Å². The Hall–Kier alpha value is -3.15. The third-order valence-corrected chi connectivity index (χ3v) is 8.91. The molecule has 4 rings (SSSR count). The molecule has 0 aliphatic carbocycles. The molecule has 2 heterocycles. The van der Waals surface area contributed by atoms with Crippen LogP contribution in [-0.2, 0) is 14.8 Å². The van der Waals surface area contributed by atoms with Crippen molar-refractivity contribution in [1.29, 1.82) is 0 Å². The summed E-state index contributed by atoms with van der Waals surface area (Å²) in [7, 11) is 0.964. The van der Waals surface area contributed by atoms with Crippen LogP contribution in [-0.4, -0.2) is 58.0 Å². The number of aromatic nitrogens is 1. The third kappa shape index (κ3) is 5.32. The molecule has 3 aromatic rings. The van der Waals surface area contributed by atoms with Gasteiger partial charge in [0.1, 0.15) is 16.4 Å². The highest BCUT2D eigenvalue weighted by atomic mass is 32.2. The van der Waals surface area contributed by atoms with Crippen molar-refractivity contribution in [3.8, 4) is 22.8 Å². The van der Waals surface area contributed by atoms with Crippen LogP contribution in [0.5, 0.6) is 11.5 Å². The van der Waals surface area contributed by atoms with Crippen molar-refractivity contribution in [1.82, 2.24) is 9.29 Å². The zero-order valence-corrected chi connectivity index (χ0v) is 22.3. The SMILES string of the molecule is CNc1nc(-c2ccc(OC)c(NC(=O)C3CCCN(S(=O)(=O)c4cc(C)ccc4OC)C3)c2)cs1. The first-order valence-corrected chi connectivity index (χ1v) is 13.9. The van der Waals surface area contributed by atoms with Gasteiger partial charge in [-0.05, 0) is 55.7 Å². The van der Waals surface area contributed by atoms with E-state index in [9.17, 15) is 13.2 Å². The fourth-order valence-corrected chi connectivity index (χ4v) is 6.67. The van der Waals surface area contributed by atoms with Gasteiger partial charge in [-0.2, -0.15) is 4.31 Å². The van der Waals surface area contributed by atoms with Crippen LogP contribution in [0.15, 0.2) is 46.7 Å². The number of hydrogen-bond donors (Lipinski definition) is 2. The third-order valence-electron chi connectivity index (χ3n) is 6.16. The number of piperidine rings is 1. The molecular formula is C25H30N4O5S2. The number of sulfonamides is 1. The second-order valence-corrected chi connectivity index (χ2v) is 11.3. The number of nitrogens with zero attached hydrogens (tertiary/aromatic N) is 2. The minimum atomic E-state index is -3.83. The fraction of sp³-hybridized carbons (Fsp3) is 0.360. The lowest BCUT2D eigenvalue weighted by Crippen LogP contribution is -2.43. The standard InChI is InChI=1S/C25H30N4O5S2/c1-16-7-9-22(34-4)23(12-16)36(31,32)29-11-5-6-18(14-29)24(30)27-19-13-17(8-10-21(19)33-3)20-15-35-25(26-2)28-20/h7-10,12-13,15,18H,5-6,11,14H2,1-4H3,(H,26,28)(H,27,30). The van der Waals surface area contributed by atoms with Crippen LogP contribution in [0.1, 0.15) is 18.4 Å². The topological polar surface area (TPSA) is 110 Å². The number of hydrogen-bond acceptors (Lipinski definition) is 8. The summed E-state index contributed by atoms with van der Waals surface area (Å²) < 4.78 is 39.1. The van der Waals surface area contributed by atoms with Gasteiger partial charge in [0.15, 0.2) is 5.13 Å². The highest BCUT2D eigenvalue weighted by molar-refractivity contribution is 7.89. The summed E-state index contributed by atoms with van der Waals surface area (Å²) in [6, 6.07) is 10.5. The molecule has 1 unspecified atom stereocenters. The van der Waals surface area contributed by atoms with Crippen LogP contribution in [0.3, 0.4) is 0 Å². The Morgan fingerprint density at radius 1 is 1.14 bits per heavy atom. The number of carbonyl (C=O) groups excluding carboxylic acids is 1. The molecule has 2 aromatic carbocycles. The maximum Gasteiger partial charge on any atom is 0.246 e. The summed E-state index contributed by atoms with van der Waals surface area (Å²) in [5, 5.41) is 8.70. The summed E-state index contributed by atoms with van der Waals surface area (Å²) in [6.45, 7) is 2.27. The Kier molecular flexibility index (Phi) is 7.82. The minimum absolute atomic E-state index is 0.0882. The molecule has 0 bridgehead atoms. The van der Waals surface area contributed by atoms with Crippen molar-refractivity contribution in [3.05, 3.63) is 47.3 Å². The van der Waals surface area contributed by atoms with E-state index in [1.165, 1.54) is 29.9 Å². The molecule has 11 heteroatoms. The van der Waals surface area contributed by atoms with Gasteiger partial charge in [0.2, 0.25) is 15.9 Å². The lowest BCUT2D eigenvalue weighted by Gasteiger charge is -2.31. The van der Waals surface area contributed by atoms with Crippen LogP contribution in [0.2, 0.25) is 0 Å². The van der Waals surface area contributed by atoms with E-state index in [1.807, 2.05) is 31.5 Å². The van der Waals surface area contributed by atoms with Gasteiger partial charge in [0, 0.05) is 31.1 Å². The van der Waals surface area contributed by atoms with Gasteiger partial charge in [-0.15, -0.1) is 11.3 Å². The lowest BCUT2D eigenvalue weighted by molar-refractivity contribution is -0.120. The molecule has 0 spiro atoms. The van der Waals surface area contributed by atoms with Gasteiger partial charge in [0.25, 0.3) is 0 Å². The number of thiazole rings is 1. The van der Waals surface area contributed by atoms with Crippen LogP contribution < -0.4 is 20.1 Å². The molecule has 36 heavy (non-hydrogen) atoms. The van der Waals surface area contributed by atoms with Crippen molar-refractivity contribution >= 4 is 38.1 Å². The summed E-state index contributed by atoms with van der Waals surface area (Å²) in [4.78, 5) is 17.9.